The molecule has 8 nitrogen and oxygen atoms in total. The first kappa shape index (κ1) is 29.7. The summed E-state index contributed by atoms with van der Waals surface area (Å²) in [5.74, 6) is 0.694. The highest BCUT2D eigenvalue weighted by Crippen LogP contribution is 2.25. The van der Waals surface area contributed by atoms with Crippen molar-refractivity contribution in [3.63, 3.8) is 0 Å². The Balaban J connectivity index is 1.80. The highest BCUT2D eigenvalue weighted by Gasteiger charge is 2.29. The van der Waals surface area contributed by atoms with Crippen LogP contribution in [-0.4, -0.2) is 57.1 Å². The lowest BCUT2D eigenvalue weighted by atomic mass is 10.1. The Morgan fingerprint density at radius 2 is 1.41 bits per heavy atom. The van der Waals surface area contributed by atoms with Gasteiger partial charge in [-0.2, -0.15) is 0 Å². The molecule has 0 saturated heterocycles. The lowest BCUT2D eigenvalue weighted by Crippen LogP contribution is -2.52. The number of hydrogen-bond donors (Lipinski definition) is 1. The van der Waals surface area contributed by atoms with Crippen LogP contribution in [0.4, 0.5) is 5.69 Å². The van der Waals surface area contributed by atoms with Crippen LogP contribution in [0.2, 0.25) is 0 Å². The molecule has 3 aromatic carbocycles. The minimum atomic E-state index is -3.81. The van der Waals surface area contributed by atoms with E-state index in [4.69, 9.17) is 4.74 Å². The Morgan fingerprint density at radius 1 is 0.846 bits per heavy atom. The molecule has 208 valence electrons. The highest BCUT2D eigenvalue weighted by atomic mass is 32.2. The minimum Gasteiger partial charge on any atom is -0.457 e. The Kier molecular flexibility index (Phi) is 10.5. The van der Waals surface area contributed by atoms with Gasteiger partial charge >= 0.3 is 0 Å². The summed E-state index contributed by atoms with van der Waals surface area (Å²) in [4.78, 5) is 27.9. The SMILES string of the molecule is CC(C)CNC(=O)[C@@H](C)N(CCc1ccccc1)C(=O)CN(c1ccc(Oc2ccccc2)cc1)S(C)(=O)=O. The van der Waals surface area contributed by atoms with E-state index in [9.17, 15) is 18.0 Å². The quantitative estimate of drug-likeness (QED) is 0.338. The van der Waals surface area contributed by atoms with E-state index in [2.05, 4.69) is 5.32 Å². The van der Waals surface area contributed by atoms with E-state index in [-0.39, 0.29) is 18.4 Å². The Bertz CT molecular complexity index is 1310. The van der Waals surface area contributed by atoms with Crippen LogP contribution in [-0.2, 0) is 26.0 Å². The molecular formula is C30H37N3O5S. The fourth-order valence-electron chi connectivity index (χ4n) is 3.94. The second-order valence-corrected chi connectivity index (χ2v) is 11.7. The topological polar surface area (TPSA) is 96.0 Å². The second-order valence-electron chi connectivity index (χ2n) is 9.82. The van der Waals surface area contributed by atoms with E-state index in [1.165, 1.54) is 4.90 Å². The molecule has 3 rings (SSSR count). The van der Waals surface area contributed by atoms with E-state index in [0.29, 0.717) is 30.2 Å². The van der Waals surface area contributed by atoms with Crippen molar-refractivity contribution in [2.45, 2.75) is 33.2 Å². The van der Waals surface area contributed by atoms with Crippen LogP contribution in [0.5, 0.6) is 11.5 Å². The molecule has 0 spiro atoms. The number of anilines is 1. The summed E-state index contributed by atoms with van der Waals surface area (Å²) < 4.78 is 32.4. The summed E-state index contributed by atoms with van der Waals surface area (Å²) in [7, 11) is -3.81. The molecule has 1 atom stereocenters. The molecule has 0 aliphatic rings. The van der Waals surface area contributed by atoms with Crippen molar-refractivity contribution in [3.8, 4) is 11.5 Å². The number of amides is 2. The molecule has 2 amide bonds. The standard InChI is InChI=1S/C30H37N3O5S/c1-23(2)21-31-30(35)24(3)32(20-19-25-11-7-5-8-12-25)29(34)22-33(39(4,36)37)26-15-17-28(18-16-26)38-27-13-9-6-10-14-27/h5-18,23-24H,19-22H2,1-4H3,(H,31,35)/t24-/m1/s1. The summed E-state index contributed by atoms with van der Waals surface area (Å²) in [5.41, 5.74) is 1.34. The molecule has 0 aliphatic heterocycles. The molecule has 0 saturated carbocycles. The molecule has 0 fully saturated rings. The monoisotopic (exact) mass is 551 g/mol. The third-order valence-electron chi connectivity index (χ3n) is 6.12. The minimum absolute atomic E-state index is 0.254. The first-order valence-corrected chi connectivity index (χ1v) is 14.8. The number of rotatable bonds is 13. The third kappa shape index (κ3) is 9.14. The van der Waals surface area contributed by atoms with Crippen LogP contribution in [0.15, 0.2) is 84.9 Å². The molecule has 0 aromatic heterocycles. The van der Waals surface area contributed by atoms with Crippen LogP contribution in [0, 0.1) is 5.92 Å². The van der Waals surface area contributed by atoms with E-state index in [1.807, 2.05) is 74.5 Å². The Labute approximate surface area is 231 Å². The second kappa shape index (κ2) is 13.8. The zero-order valence-electron chi connectivity index (χ0n) is 22.9. The lowest BCUT2D eigenvalue weighted by Gasteiger charge is -2.31. The van der Waals surface area contributed by atoms with Crippen LogP contribution in [0.3, 0.4) is 0 Å². The van der Waals surface area contributed by atoms with Crippen molar-refractivity contribution in [2.75, 3.05) is 30.2 Å². The van der Waals surface area contributed by atoms with Crippen LogP contribution >= 0.6 is 0 Å². The largest absolute Gasteiger partial charge is 0.457 e. The van der Waals surface area contributed by atoms with Gasteiger partial charge in [0.2, 0.25) is 21.8 Å². The van der Waals surface area contributed by atoms with Crippen LogP contribution in [0.25, 0.3) is 0 Å². The number of para-hydroxylation sites is 1. The number of ether oxygens (including phenoxy) is 1. The van der Waals surface area contributed by atoms with E-state index < -0.39 is 28.5 Å². The molecule has 0 heterocycles. The van der Waals surface area contributed by atoms with Gasteiger partial charge in [0.1, 0.15) is 24.1 Å². The average Bonchev–Trinajstić information content (AvgIpc) is 2.91. The number of nitrogens with zero attached hydrogens (tertiary/aromatic N) is 2. The first-order valence-electron chi connectivity index (χ1n) is 13.0. The number of sulfonamides is 1. The summed E-state index contributed by atoms with van der Waals surface area (Å²) in [6.07, 6.45) is 1.58. The van der Waals surface area contributed by atoms with E-state index >= 15 is 0 Å². The smallest absolute Gasteiger partial charge is 0.244 e. The van der Waals surface area contributed by atoms with Crippen molar-refractivity contribution in [2.24, 2.45) is 5.92 Å². The van der Waals surface area contributed by atoms with Gasteiger partial charge in [-0.3, -0.25) is 13.9 Å². The lowest BCUT2D eigenvalue weighted by molar-refractivity contribution is -0.138. The molecule has 0 unspecified atom stereocenters. The maximum Gasteiger partial charge on any atom is 0.244 e. The first-order chi connectivity index (χ1) is 18.5. The van der Waals surface area contributed by atoms with Gasteiger partial charge in [0, 0.05) is 13.1 Å². The summed E-state index contributed by atoms with van der Waals surface area (Å²) in [6.45, 7) is 5.96. The van der Waals surface area contributed by atoms with Crippen molar-refractivity contribution in [1.82, 2.24) is 10.2 Å². The predicted molar refractivity (Wildman–Crippen MR) is 154 cm³/mol. The van der Waals surface area contributed by atoms with E-state index in [1.54, 1.807) is 31.2 Å². The molecule has 0 aliphatic carbocycles. The maximum atomic E-state index is 13.6. The van der Waals surface area contributed by atoms with Crippen molar-refractivity contribution < 1.29 is 22.7 Å². The summed E-state index contributed by atoms with van der Waals surface area (Å²) >= 11 is 0. The van der Waals surface area contributed by atoms with Gasteiger partial charge in [-0.15, -0.1) is 0 Å². The van der Waals surface area contributed by atoms with Gasteiger partial charge in [-0.1, -0.05) is 62.4 Å². The van der Waals surface area contributed by atoms with Gasteiger partial charge in [0.15, 0.2) is 0 Å². The normalized spacial score (nSPS) is 12.0. The van der Waals surface area contributed by atoms with Crippen LogP contribution in [0.1, 0.15) is 26.3 Å². The van der Waals surface area contributed by atoms with Crippen LogP contribution < -0.4 is 14.4 Å². The third-order valence-corrected chi connectivity index (χ3v) is 7.26. The summed E-state index contributed by atoms with van der Waals surface area (Å²) in [6, 6.07) is 24.6. The zero-order chi connectivity index (χ0) is 28.4. The van der Waals surface area contributed by atoms with Crippen molar-refractivity contribution >= 4 is 27.5 Å². The van der Waals surface area contributed by atoms with Gasteiger partial charge in [0.25, 0.3) is 0 Å². The highest BCUT2D eigenvalue weighted by molar-refractivity contribution is 7.92. The Morgan fingerprint density at radius 3 is 1.97 bits per heavy atom. The van der Waals surface area contributed by atoms with Crippen molar-refractivity contribution in [1.29, 1.82) is 0 Å². The fourth-order valence-corrected chi connectivity index (χ4v) is 4.79. The molecule has 0 radical (unpaired) electrons. The number of hydrogen-bond acceptors (Lipinski definition) is 5. The van der Waals surface area contributed by atoms with Gasteiger partial charge in [-0.05, 0) is 61.2 Å². The Hall–Kier alpha value is -3.85. The van der Waals surface area contributed by atoms with Gasteiger partial charge < -0.3 is 15.0 Å². The molecule has 9 heteroatoms. The predicted octanol–water partition coefficient (Wildman–Crippen LogP) is 4.48. The number of carbonyl (C=O) groups is 2. The molecular weight excluding hydrogens is 514 g/mol. The zero-order valence-corrected chi connectivity index (χ0v) is 23.7. The molecule has 1 N–H and O–H groups in total. The maximum absolute atomic E-state index is 13.6. The van der Waals surface area contributed by atoms with Gasteiger partial charge in [0.05, 0.1) is 11.9 Å². The molecule has 0 bridgehead atoms. The van der Waals surface area contributed by atoms with E-state index in [0.717, 1.165) is 16.1 Å². The number of carbonyl (C=O) groups excluding carboxylic acids is 2. The fraction of sp³-hybridized carbons (Fsp3) is 0.333. The number of benzene rings is 3. The number of nitrogens with one attached hydrogen (secondary N) is 1. The molecule has 3 aromatic rings. The molecule has 39 heavy (non-hydrogen) atoms. The van der Waals surface area contributed by atoms with Gasteiger partial charge in [-0.25, -0.2) is 8.42 Å². The summed E-state index contributed by atoms with van der Waals surface area (Å²) in [5, 5.41) is 2.88. The average molecular weight is 552 g/mol. The van der Waals surface area contributed by atoms with Crippen molar-refractivity contribution in [3.05, 3.63) is 90.5 Å².